The molecule has 16 heavy (non-hydrogen) atoms. The third-order valence-electron chi connectivity index (χ3n) is 2.53. The average Bonchev–Trinajstić information content (AvgIpc) is 2.82. The van der Waals surface area contributed by atoms with E-state index in [9.17, 15) is 0 Å². The molecule has 0 saturated heterocycles. The molecule has 0 aliphatic carbocycles. The maximum Gasteiger partial charge on any atom is 0.126 e. The number of hydrogen-bond donors (Lipinski definition) is 1. The van der Waals surface area contributed by atoms with Crippen LogP contribution < -0.4 is 5.32 Å². The molecule has 1 unspecified atom stereocenters. The highest BCUT2D eigenvalue weighted by Crippen LogP contribution is 2.25. The number of rotatable bonds is 4. The topological polar surface area (TPSA) is 24.9 Å². The molecule has 0 amide bonds. The highest BCUT2D eigenvalue weighted by molar-refractivity contribution is 7.10. The third kappa shape index (κ3) is 2.61. The van der Waals surface area contributed by atoms with E-state index in [1.54, 1.807) is 11.3 Å². The maximum absolute atomic E-state index is 4.37. The van der Waals surface area contributed by atoms with E-state index in [2.05, 4.69) is 40.8 Å². The van der Waals surface area contributed by atoms with Gasteiger partial charge in [-0.1, -0.05) is 19.1 Å². The summed E-state index contributed by atoms with van der Waals surface area (Å²) in [5.41, 5.74) is 1.19. The van der Waals surface area contributed by atoms with Gasteiger partial charge in [0.15, 0.2) is 0 Å². The minimum absolute atomic E-state index is 0.371. The summed E-state index contributed by atoms with van der Waals surface area (Å²) >= 11 is 1.79. The van der Waals surface area contributed by atoms with Gasteiger partial charge in [0.25, 0.3) is 0 Å². The van der Waals surface area contributed by atoms with Gasteiger partial charge >= 0.3 is 0 Å². The standard InChI is InChI=1S/C13H16N2S/c1-3-11(12-5-4-8-16-12)15-13-7-6-10(2)9-14-13/h4-9,11H,3H2,1-2H3,(H,14,15). The van der Waals surface area contributed by atoms with E-state index in [-0.39, 0.29) is 0 Å². The second-order valence-corrected chi connectivity index (χ2v) is 4.82. The Morgan fingerprint density at radius 1 is 1.38 bits per heavy atom. The van der Waals surface area contributed by atoms with Crippen LogP contribution in [-0.4, -0.2) is 4.98 Å². The molecule has 2 aromatic rings. The Morgan fingerprint density at radius 2 is 2.25 bits per heavy atom. The first-order chi connectivity index (χ1) is 7.79. The molecule has 2 nitrogen and oxygen atoms in total. The second-order valence-electron chi connectivity index (χ2n) is 3.84. The fraction of sp³-hybridized carbons (Fsp3) is 0.308. The Hall–Kier alpha value is -1.35. The van der Waals surface area contributed by atoms with E-state index < -0.39 is 0 Å². The largest absolute Gasteiger partial charge is 0.362 e. The first-order valence-electron chi connectivity index (χ1n) is 5.52. The van der Waals surface area contributed by atoms with Crippen molar-refractivity contribution in [2.75, 3.05) is 5.32 Å². The van der Waals surface area contributed by atoms with Crippen molar-refractivity contribution in [3.05, 3.63) is 46.3 Å². The predicted molar refractivity (Wildman–Crippen MR) is 69.9 cm³/mol. The fourth-order valence-corrected chi connectivity index (χ4v) is 2.46. The lowest BCUT2D eigenvalue weighted by molar-refractivity contribution is 0.758. The average molecular weight is 232 g/mol. The molecule has 0 aliphatic heterocycles. The Bertz CT molecular complexity index is 420. The normalized spacial score (nSPS) is 12.4. The number of hydrogen-bond acceptors (Lipinski definition) is 3. The summed E-state index contributed by atoms with van der Waals surface area (Å²) in [6.45, 7) is 4.24. The van der Waals surface area contributed by atoms with Gasteiger partial charge < -0.3 is 5.32 Å². The first kappa shape index (κ1) is 11.1. The number of aryl methyl sites for hydroxylation is 1. The molecule has 1 N–H and O–H groups in total. The molecule has 3 heteroatoms. The van der Waals surface area contributed by atoms with Crippen LogP contribution in [0.15, 0.2) is 35.8 Å². The molecule has 2 rings (SSSR count). The lowest BCUT2D eigenvalue weighted by Crippen LogP contribution is -2.09. The van der Waals surface area contributed by atoms with Crippen LogP contribution >= 0.6 is 11.3 Å². The third-order valence-corrected chi connectivity index (χ3v) is 3.51. The predicted octanol–water partition coefficient (Wildman–Crippen LogP) is 4.01. The maximum atomic E-state index is 4.37. The van der Waals surface area contributed by atoms with Gasteiger partial charge in [-0.3, -0.25) is 0 Å². The van der Waals surface area contributed by atoms with Crippen molar-refractivity contribution < 1.29 is 0 Å². The van der Waals surface area contributed by atoms with Crippen molar-refractivity contribution in [2.45, 2.75) is 26.3 Å². The second kappa shape index (κ2) is 5.12. The van der Waals surface area contributed by atoms with Crippen molar-refractivity contribution in [3.63, 3.8) is 0 Å². The monoisotopic (exact) mass is 232 g/mol. The van der Waals surface area contributed by atoms with E-state index in [1.165, 1.54) is 10.4 Å². The van der Waals surface area contributed by atoms with E-state index >= 15 is 0 Å². The van der Waals surface area contributed by atoms with Crippen LogP contribution in [0, 0.1) is 6.92 Å². The fourth-order valence-electron chi connectivity index (χ4n) is 1.60. The highest BCUT2D eigenvalue weighted by Gasteiger charge is 2.09. The van der Waals surface area contributed by atoms with Crippen LogP contribution in [0.1, 0.15) is 29.8 Å². The van der Waals surface area contributed by atoms with E-state index in [1.807, 2.05) is 19.2 Å². The lowest BCUT2D eigenvalue weighted by atomic mass is 10.2. The number of nitrogens with one attached hydrogen (secondary N) is 1. The highest BCUT2D eigenvalue weighted by atomic mass is 32.1. The molecular weight excluding hydrogens is 216 g/mol. The Labute approximate surface area is 100 Å². The molecule has 0 fully saturated rings. The number of pyridine rings is 1. The molecule has 0 spiro atoms. The summed E-state index contributed by atoms with van der Waals surface area (Å²) in [7, 11) is 0. The summed E-state index contributed by atoms with van der Waals surface area (Å²) in [5.74, 6) is 0.950. The molecule has 0 radical (unpaired) electrons. The van der Waals surface area contributed by atoms with Crippen LogP contribution in [-0.2, 0) is 0 Å². The van der Waals surface area contributed by atoms with Gasteiger partial charge in [0, 0.05) is 11.1 Å². The van der Waals surface area contributed by atoms with Crippen molar-refractivity contribution in [3.8, 4) is 0 Å². The lowest BCUT2D eigenvalue weighted by Gasteiger charge is -2.15. The smallest absolute Gasteiger partial charge is 0.126 e. The van der Waals surface area contributed by atoms with Gasteiger partial charge in [-0.25, -0.2) is 4.98 Å². The van der Waals surface area contributed by atoms with E-state index in [4.69, 9.17) is 0 Å². The molecule has 0 bridgehead atoms. The Morgan fingerprint density at radius 3 is 2.81 bits per heavy atom. The first-order valence-corrected chi connectivity index (χ1v) is 6.40. The number of aromatic nitrogens is 1. The molecule has 1 atom stereocenters. The van der Waals surface area contributed by atoms with Gasteiger partial charge in [0.2, 0.25) is 0 Å². The van der Waals surface area contributed by atoms with Crippen LogP contribution in [0.4, 0.5) is 5.82 Å². The van der Waals surface area contributed by atoms with Crippen molar-refractivity contribution >= 4 is 17.2 Å². The molecule has 84 valence electrons. The molecule has 2 aromatic heterocycles. The minimum Gasteiger partial charge on any atom is -0.362 e. The summed E-state index contributed by atoms with van der Waals surface area (Å²) < 4.78 is 0. The zero-order valence-electron chi connectivity index (χ0n) is 9.60. The Balaban J connectivity index is 2.10. The van der Waals surface area contributed by atoms with Crippen molar-refractivity contribution in [1.29, 1.82) is 0 Å². The van der Waals surface area contributed by atoms with Gasteiger partial charge in [-0.15, -0.1) is 11.3 Å². The molecule has 0 aliphatic rings. The van der Waals surface area contributed by atoms with Gasteiger partial charge in [-0.05, 0) is 36.4 Å². The van der Waals surface area contributed by atoms with E-state index in [0.29, 0.717) is 6.04 Å². The minimum atomic E-state index is 0.371. The molecule has 0 saturated carbocycles. The van der Waals surface area contributed by atoms with Crippen LogP contribution in [0.25, 0.3) is 0 Å². The van der Waals surface area contributed by atoms with Gasteiger partial charge in [-0.2, -0.15) is 0 Å². The zero-order chi connectivity index (χ0) is 11.4. The quantitative estimate of drug-likeness (QED) is 0.861. The molecule has 0 aromatic carbocycles. The Kier molecular flexibility index (Phi) is 3.57. The zero-order valence-corrected chi connectivity index (χ0v) is 10.4. The van der Waals surface area contributed by atoms with Crippen molar-refractivity contribution in [2.24, 2.45) is 0 Å². The summed E-state index contributed by atoms with van der Waals surface area (Å²) in [6.07, 6.45) is 2.96. The molecular formula is C13H16N2S. The van der Waals surface area contributed by atoms with Crippen LogP contribution in [0.2, 0.25) is 0 Å². The number of nitrogens with zero attached hydrogens (tertiary/aromatic N) is 1. The SMILES string of the molecule is CCC(Nc1ccc(C)cn1)c1cccs1. The number of anilines is 1. The van der Waals surface area contributed by atoms with Crippen LogP contribution in [0.3, 0.4) is 0 Å². The van der Waals surface area contributed by atoms with Gasteiger partial charge in [0.1, 0.15) is 5.82 Å². The van der Waals surface area contributed by atoms with Crippen LogP contribution in [0.5, 0.6) is 0 Å². The number of thiophene rings is 1. The van der Waals surface area contributed by atoms with Crippen molar-refractivity contribution in [1.82, 2.24) is 4.98 Å². The molecule has 2 heterocycles. The summed E-state index contributed by atoms with van der Waals surface area (Å²) in [6, 6.07) is 8.74. The van der Waals surface area contributed by atoms with E-state index in [0.717, 1.165) is 12.2 Å². The van der Waals surface area contributed by atoms with Gasteiger partial charge in [0.05, 0.1) is 6.04 Å². The summed E-state index contributed by atoms with van der Waals surface area (Å²) in [4.78, 5) is 5.74. The summed E-state index contributed by atoms with van der Waals surface area (Å²) in [5, 5.41) is 5.57.